The fourth-order valence-electron chi connectivity index (χ4n) is 2.44. The van der Waals surface area contributed by atoms with Gasteiger partial charge in [0.15, 0.2) is 5.78 Å². The van der Waals surface area contributed by atoms with Gasteiger partial charge in [-0.1, -0.05) is 42.5 Å². The van der Waals surface area contributed by atoms with E-state index in [1.807, 2.05) is 42.5 Å². The van der Waals surface area contributed by atoms with Gasteiger partial charge in [0.1, 0.15) is 5.75 Å². The maximum atomic E-state index is 11.6. The molecule has 3 aromatic carbocycles. The van der Waals surface area contributed by atoms with Gasteiger partial charge in [0, 0.05) is 17.3 Å². The number of aliphatic imine (C=N–C) groups is 1. The molecule has 0 spiro atoms. The van der Waals surface area contributed by atoms with Crippen LogP contribution in [0.5, 0.6) is 5.75 Å². The van der Waals surface area contributed by atoms with Crippen molar-refractivity contribution >= 4 is 28.5 Å². The molecule has 0 fully saturated rings. The van der Waals surface area contributed by atoms with Gasteiger partial charge in [0.05, 0.1) is 5.69 Å². The van der Waals surface area contributed by atoms with E-state index in [0.29, 0.717) is 16.8 Å². The summed E-state index contributed by atoms with van der Waals surface area (Å²) in [5.74, 6) is 0.137. The average Bonchev–Trinajstić information content (AvgIpc) is 2.54. The number of hydrogen-bond donors (Lipinski definition) is 1. The summed E-state index contributed by atoms with van der Waals surface area (Å²) in [5, 5.41) is 12.1. The molecular weight excluding hydrogens is 274 g/mol. The van der Waals surface area contributed by atoms with Crippen LogP contribution in [-0.4, -0.2) is 17.1 Å². The number of rotatable bonds is 3. The van der Waals surface area contributed by atoms with Crippen LogP contribution >= 0.6 is 0 Å². The summed E-state index contributed by atoms with van der Waals surface area (Å²) in [4.78, 5) is 16.0. The molecule has 0 aliphatic rings. The van der Waals surface area contributed by atoms with Crippen molar-refractivity contribution in [2.75, 3.05) is 0 Å². The van der Waals surface area contributed by atoms with Gasteiger partial charge in [0.2, 0.25) is 0 Å². The molecule has 0 aliphatic carbocycles. The highest BCUT2D eigenvalue weighted by Gasteiger charge is 2.07. The number of hydrogen-bond acceptors (Lipinski definition) is 3. The summed E-state index contributed by atoms with van der Waals surface area (Å²) in [6.07, 6.45) is 1.61. The molecule has 22 heavy (non-hydrogen) atoms. The molecular formula is C19H15NO2. The Bertz CT molecular complexity index is 881. The Kier molecular flexibility index (Phi) is 3.71. The maximum absolute atomic E-state index is 11.6. The monoisotopic (exact) mass is 289 g/mol. The van der Waals surface area contributed by atoms with Gasteiger partial charge in [-0.15, -0.1) is 0 Å². The van der Waals surface area contributed by atoms with E-state index in [4.69, 9.17) is 0 Å². The number of para-hydroxylation sites is 1. The fourth-order valence-corrected chi connectivity index (χ4v) is 2.44. The number of Topliss-reactive ketones (excluding diaryl/α,β-unsaturated/α-hetero) is 1. The highest BCUT2D eigenvalue weighted by Crippen LogP contribution is 2.27. The van der Waals surface area contributed by atoms with Crippen molar-refractivity contribution in [3.8, 4) is 5.75 Å². The summed E-state index contributed by atoms with van der Waals surface area (Å²) < 4.78 is 0. The lowest BCUT2D eigenvalue weighted by atomic mass is 10.0. The van der Waals surface area contributed by atoms with Crippen molar-refractivity contribution in [1.29, 1.82) is 0 Å². The van der Waals surface area contributed by atoms with Gasteiger partial charge >= 0.3 is 0 Å². The third kappa shape index (κ3) is 2.61. The number of carbonyl (C=O) groups is 1. The van der Waals surface area contributed by atoms with Crippen LogP contribution in [0, 0.1) is 0 Å². The van der Waals surface area contributed by atoms with Crippen LogP contribution in [-0.2, 0) is 0 Å². The number of benzene rings is 3. The topological polar surface area (TPSA) is 49.7 Å². The van der Waals surface area contributed by atoms with Crippen LogP contribution in [0.2, 0.25) is 0 Å². The minimum atomic E-state index is -0.0325. The van der Waals surface area contributed by atoms with Gasteiger partial charge in [-0.2, -0.15) is 0 Å². The SMILES string of the molecule is CC(=O)c1ccccc1N=Cc1c(O)ccc2ccccc12. The Labute approximate surface area is 128 Å². The highest BCUT2D eigenvalue weighted by atomic mass is 16.3. The first kappa shape index (κ1) is 14.0. The zero-order valence-corrected chi connectivity index (χ0v) is 12.2. The van der Waals surface area contributed by atoms with Crippen molar-refractivity contribution in [1.82, 2.24) is 0 Å². The van der Waals surface area contributed by atoms with E-state index < -0.39 is 0 Å². The molecule has 0 aromatic heterocycles. The third-order valence-electron chi connectivity index (χ3n) is 3.56. The van der Waals surface area contributed by atoms with Crippen LogP contribution in [0.1, 0.15) is 22.8 Å². The number of phenols is 1. The largest absolute Gasteiger partial charge is 0.507 e. The first-order chi connectivity index (χ1) is 10.7. The Morgan fingerprint density at radius 3 is 2.55 bits per heavy atom. The molecule has 108 valence electrons. The second kappa shape index (κ2) is 5.82. The maximum Gasteiger partial charge on any atom is 0.161 e. The molecule has 0 unspecified atom stereocenters. The smallest absolute Gasteiger partial charge is 0.161 e. The predicted molar refractivity (Wildman–Crippen MR) is 89.3 cm³/mol. The van der Waals surface area contributed by atoms with E-state index in [0.717, 1.165) is 10.8 Å². The molecule has 3 rings (SSSR count). The van der Waals surface area contributed by atoms with Gasteiger partial charge in [-0.25, -0.2) is 0 Å². The molecule has 0 saturated heterocycles. The van der Waals surface area contributed by atoms with Gasteiger partial charge in [-0.3, -0.25) is 9.79 Å². The predicted octanol–water partition coefficient (Wildman–Crippen LogP) is 4.50. The summed E-state index contributed by atoms with van der Waals surface area (Å²) >= 11 is 0. The quantitative estimate of drug-likeness (QED) is 0.570. The second-order valence-electron chi connectivity index (χ2n) is 5.05. The summed E-state index contributed by atoms with van der Waals surface area (Å²) in [6.45, 7) is 1.52. The zero-order chi connectivity index (χ0) is 15.5. The first-order valence-corrected chi connectivity index (χ1v) is 7.01. The molecule has 0 radical (unpaired) electrons. The number of nitrogens with zero attached hydrogens (tertiary/aromatic N) is 1. The molecule has 3 heteroatoms. The first-order valence-electron chi connectivity index (χ1n) is 7.01. The van der Waals surface area contributed by atoms with Gasteiger partial charge < -0.3 is 5.11 Å². The lowest BCUT2D eigenvalue weighted by Gasteiger charge is -2.05. The molecule has 0 heterocycles. The Morgan fingerprint density at radius 2 is 1.73 bits per heavy atom. The molecule has 0 saturated carbocycles. The number of fused-ring (bicyclic) bond motifs is 1. The molecule has 0 bridgehead atoms. The van der Waals surface area contributed by atoms with E-state index in [9.17, 15) is 9.90 Å². The van der Waals surface area contributed by atoms with Gasteiger partial charge in [0.25, 0.3) is 0 Å². The Balaban J connectivity index is 2.11. The van der Waals surface area contributed by atoms with Crippen molar-refractivity contribution in [2.24, 2.45) is 4.99 Å². The lowest BCUT2D eigenvalue weighted by molar-refractivity contribution is 0.101. The van der Waals surface area contributed by atoms with Crippen LogP contribution < -0.4 is 0 Å². The summed E-state index contributed by atoms with van der Waals surface area (Å²) in [5.41, 5.74) is 1.82. The fraction of sp³-hybridized carbons (Fsp3) is 0.0526. The van der Waals surface area contributed by atoms with Crippen molar-refractivity contribution < 1.29 is 9.90 Å². The van der Waals surface area contributed by atoms with Crippen molar-refractivity contribution in [3.05, 3.63) is 71.8 Å². The molecule has 3 aromatic rings. The standard InChI is InChI=1S/C19H15NO2/c1-13(21)15-7-4-5-9-18(15)20-12-17-16-8-3-2-6-14(16)10-11-19(17)22/h2-12,22H,1H3. The summed E-state index contributed by atoms with van der Waals surface area (Å²) in [7, 11) is 0. The zero-order valence-electron chi connectivity index (χ0n) is 12.2. The lowest BCUT2D eigenvalue weighted by Crippen LogP contribution is -1.92. The van der Waals surface area contributed by atoms with Crippen LogP contribution in [0.3, 0.4) is 0 Å². The molecule has 0 amide bonds. The minimum absolute atomic E-state index is 0.0325. The Hall–Kier alpha value is -2.94. The van der Waals surface area contributed by atoms with E-state index in [1.165, 1.54) is 6.92 Å². The van der Waals surface area contributed by atoms with Crippen LogP contribution in [0.25, 0.3) is 10.8 Å². The number of carbonyl (C=O) groups excluding carboxylic acids is 1. The van der Waals surface area contributed by atoms with E-state index in [1.54, 1.807) is 24.4 Å². The van der Waals surface area contributed by atoms with Crippen molar-refractivity contribution in [3.63, 3.8) is 0 Å². The molecule has 0 atom stereocenters. The van der Waals surface area contributed by atoms with E-state index >= 15 is 0 Å². The number of phenolic OH excluding ortho intramolecular Hbond substituents is 1. The highest BCUT2D eigenvalue weighted by molar-refractivity contribution is 6.04. The number of ketones is 1. The third-order valence-corrected chi connectivity index (χ3v) is 3.56. The summed E-state index contributed by atoms with van der Waals surface area (Å²) in [6, 6.07) is 18.5. The average molecular weight is 289 g/mol. The number of aromatic hydroxyl groups is 1. The molecule has 1 N–H and O–H groups in total. The van der Waals surface area contributed by atoms with Crippen LogP contribution in [0.4, 0.5) is 5.69 Å². The van der Waals surface area contributed by atoms with Gasteiger partial charge in [-0.05, 0) is 35.9 Å². The van der Waals surface area contributed by atoms with E-state index in [2.05, 4.69) is 4.99 Å². The molecule has 3 nitrogen and oxygen atoms in total. The second-order valence-corrected chi connectivity index (χ2v) is 5.05. The van der Waals surface area contributed by atoms with E-state index in [-0.39, 0.29) is 11.5 Å². The normalized spacial score (nSPS) is 11.1. The van der Waals surface area contributed by atoms with Crippen molar-refractivity contribution in [2.45, 2.75) is 6.92 Å². The Morgan fingerprint density at radius 1 is 1.00 bits per heavy atom. The minimum Gasteiger partial charge on any atom is -0.507 e. The molecule has 0 aliphatic heterocycles. The van der Waals surface area contributed by atoms with Crippen LogP contribution in [0.15, 0.2) is 65.7 Å².